The van der Waals surface area contributed by atoms with Crippen molar-refractivity contribution in [1.29, 1.82) is 0 Å². The molecule has 34 heavy (non-hydrogen) atoms. The monoisotopic (exact) mass is 455 g/mol. The third-order valence-corrected chi connectivity index (χ3v) is 7.62. The minimum absolute atomic E-state index is 0.0924. The van der Waals surface area contributed by atoms with Crippen LogP contribution in [0.4, 0.5) is 0 Å². The smallest absolute Gasteiger partial charge is 0.310 e. The van der Waals surface area contributed by atoms with Crippen molar-refractivity contribution in [3.63, 3.8) is 0 Å². The van der Waals surface area contributed by atoms with Crippen molar-refractivity contribution in [1.82, 2.24) is 4.90 Å². The summed E-state index contributed by atoms with van der Waals surface area (Å²) < 4.78 is 5.44. The van der Waals surface area contributed by atoms with E-state index in [1.54, 1.807) is 0 Å². The molecular formula is C31H37NO2. The van der Waals surface area contributed by atoms with Gasteiger partial charge in [-0.05, 0) is 74.3 Å². The predicted octanol–water partition coefficient (Wildman–Crippen LogP) is 6.91. The van der Waals surface area contributed by atoms with Crippen LogP contribution in [0.3, 0.4) is 0 Å². The van der Waals surface area contributed by atoms with Gasteiger partial charge in [-0.2, -0.15) is 0 Å². The van der Waals surface area contributed by atoms with E-state index in [1.807, 2.05) is 0 Å². The quantitative estimate of drug-likeness (QED) is 0.363. The van der Waals surface area contributed by atoms with Crippen molar-refractivity contribution >= 4 is 5.97 Å². The summed E-state index contributed by atoms with van der Waals surface area (Å²) in [5.74, 6) is -0.121. The zero-order valence-corrected chi connectivity index (χ0v) is 21.1. The van der Waals surface area contributed by atoms with Crippen LogP contribution in [0.25, 0.3) is 0 Å². The van der Waals surface area contributed by atoms with Crippen LogP contribution in [0.15, 0.2) is 72.8 Å². The molecule has 178 valence electrons. The predicted molar refractivity (Wildman–Crippen MR) is 139 cm³/mol. The van der Waals surface area contributed by atoms with Crippen molar-refractivity contribution in [3.8, 4) is 0 Å². The summed E-state index contributed by atoms with van der Waals surface area (Å²) in [6.07, 6.45) is 1.96. The SMILES string of the molecule is COC(=O)[C@@H]1[C@@H](c2c(C)cc(C)cc2C)CC[C@@H]1N(Cc1ccccc1)[C@H](C)c1ccccc1. The molecule has 0 bridgehead atoms. The van der Waals surface area contributed by atoms with Gasteiger partial charge in [0.05, 0.1) is 13.0 Å². The lowest BCUT2D eigenvalue weighted by Crippen LogP contribution is -2.43. The lowest BCUT2D eigenvalue weighted by molar-refractivity contribution is -0.148. The first-order chi connectivity index (χ1) is 16.4. The minimum Gasteiger partial charge on any atom is -0.469 e. The summed E-state index contributed by atoms with van der Waals surface area (Å²) in [6, 6.07) is 26.0. The first-order valence-corrected chi connectivity index (χ1v) is 12.4. The molecule has 1 aliphatic carbocycles. The molecule has 0 unspecified atom stereocenters. The van der Waals surface area contributed by atoms with Crippen molar-refractivity contribution in [2.75, 3.05) is 7.11 Å². The third-order valence-electron chi connectivity index (χ3n) is 7.62. The number of rotatable bonds is 7. The summed E-state index contributed by atoms with van der Waals surface area (Å²) in [6.45, 7) is 9.58. The van der Waals surface area contributed by atoms with Gasteiger partial charge in [-0.1, -0.05) is 78.4 Å². The molecule has 1 fully saturated rings. The topological polar surface area (TPSA) is 29.5 Å². The number of hydrogen-bond acceptors (Lipinski definition) is 3. The van der Waals surface area contributed by atoms with E-state index in [1.165, 1.54) is 40.5 Å². The second kappa shape index (κ2) is 10.6. The van der Waals surface area contributed by atoms with Crippen LogP contribution in [0.2, 0.25) is 0 Å². The molecule has 4 atom stereocenters. The Morgan fingerprint density at radius 1 is 0.941 bits per heavy atom. The van der Waals surface area contributed by atoms with Gasteiger partial charge in [-0.3, -0.25) is 9.69 Å². The highest BCUT2D eigenvalue weighted by atomic mass is 16.5. The van der Waals surface area contributed by atoms with Crippen molar-refractivity contribution < 1.29 is 9.53 Å². The first-order valence-electron chi connectivity index (χ1n) is 12.4. The zero-order chi connectivity index (χ0) is 24.2. The van der Waals surface area contributed by atoms with E-state index in [2.05, 4.69) is 105 Å². The average Bonchev–Trinajstić information content (AvgIpc) is 3.26. The van der Waals surface area contributed by atoms with Crippen LogP contribution >= 0.6 is 0 Å². The van der Waals surface area contributed by atoms with E-state index in [9.17, 15) is 4.79 Å². The Bertz CT molecular complexity index is 1090. The maximum atomic E-state index is 13.4. The van der Waals surface area contributed by atoms with Gasteiger partial charge in [0.2, 0.25) is 0 Å². The Morgan fingerprint density at radius 3 is 2.12 bits per heavy atom. The normalized spacial score (nSPS) is 20.9. The number of ether oxygens (including phenoxy) is 1. The van der Waals surface area contributed by atoms with E-state index in [4.69, 9.17) is 4.74 Å². The summed E-state index contributed by atoms with van der Waals surface area (Å²) in [5.41, 5.74) is 7.70. The molecule has 0 aromatic heterocycles. The second-order valence-electron chi connectivity index (χ2n) is 9.86. The molecule has 0 saturated heterocycles. The Balaban J connectivity index is 1.76. The van der Waals surface area contributed by atoms with Crippen molar-refractivity contribution in [2.24, 2.45) is 5.92 Å². The summed E-state index contributed by atoms with van der Waals surface area (Å²) in [4.78, 5) is 15.9. The van der Waals surface area contributed by atoms with Gasteiger partial charge >= 0.3 is 5.97 Å². The van der Waals surface area contributed by atoms with Crippen molar-refractivity contribution in [3.05, 3.63) is 106 Å². The van der Waals surface area contributed by atoms with Crippen LogP contribution < -0.4 is 0 Å². The molecular weight excluding hydrogens is 418 g/mol. The largest absolute Gasteiger partial charge is 0.469 e. The molecule has 0 aliphatic heterocycles. The average molecular weight is 456 g/mol. The molecule has 0 N–H and O–H groups in total. The molecule has 0 radical (unpaired) electrons. The molecule has 3 aromatic carbocycles. The highest BCUT2D eigenvalue weighted by Crippen LogP contribution is 2.47. The Labute approximate surface area is 204 Å². The molecule has 3 aromatic rings. The number of benzene rings is 3. The van der Waals surface area contributed by atoms with E-state index < -0.39 is 0 Å². The molecule has 0 spiro atoms. The van der Waals surface area contributed by atoms with Crippen LogP contribution in [0, 0.1) is 26.7 Å². The highest BCUT2D eigenvalue weighted by Gasteiger charge is 2.47. The number of hydrogen-bond donors (Lipinski definition) is 0. The maximum Gasteiger partial charge on any atom is 0.310 e. The van der Waals surface area contributed by atoms with Crippen LogP contribution in [-0.4, -0.2) is 24.0 Å². The molecule has 3 nitrogen and oxygen atoms in total. The Hall–Kier alpha value is -2.91. The zero-order valence-electron chi connectivity index (χ0n) is 21.1. The maximum absolute atomic E-state index is 13.4. The molecule has 1 aliphatic rings. The summed E-state index contributed by atoms with van der Waals surface area (Å²) >= 11 is 0. The fraction of sp³-hybridized carbons (Fsp3) is 0.387. The Kier molecular flexibility index (Phi) is 7.53. The van der Waals surface area contributed by atoms with Gasteiger partial charge in [0.25, 0.3) is 0 Å². The van der Waals surface area contributed by atoms with Gasteiger partial charge < -0.3 is 4.74 Å². The number of carbonyl (C=O) groups is 1. The van der Waals surface area contributed by atoms with Crippen LogP contribution in [-0.2, 0) is 16.1 Å². The van der Waals surface area contributed by atoms with E-state index in [0.717, 1.165) is 19.4 Å². The van der Waals surface area contributed by atoms with E-state index in [-0.39, 0.29) is 29.9 Å². The molecule has 4 rings (SSSR count). The van der Waals surface area contributed by atoms with Gasteiger partial charge in [0.1, 0.15) is 0 Å². The number of nitrogens with zero attached hydrogens (tertiary/aromatic N) is 1. The standard InChI is InChI=1S/C31H37NO2/c1-21-18-22(2)29(23(3)19-21)27-16-17-28(30(27)31(33)34-5)32(20-25-12-8-6-9-13-25)24(4)26-14-10-7-11-15-26/h6-15,18-19,24,27-28,30H,16-17,20H2,1-5H3/t24-,27-,28+,30-/m1/s1. The molecule has 0 heterocycles. The lowest BCUT2D eigenvalue weighted by atomic mass is 9.81. The molecule has 0 amide bonds. The van der Waals surface area contributed by atoms with Gasteiger partial charge in [0, 0.05) is 18.6 Å². The molecule has 1 saturated carbocycles. The number of esters is 1. The van der Waals surface area contributed by atoms with E-state index >= 15 is 0 Å². The van der Waals surface area contributed by atoms with Crippen LogP contribution in [0.1, 0.15) is 65.1 Å². The fourth-order valence-corrected chi connectivity index (χ4v) is 6.17. The number of methoxy groups -OCH3 is 1. The summed E-state index contributed by atoms with van der Waals surface area (Å²) in [5, 5.41) is 0. The second-order valence-corrected chi connectivity index (χ2v) is 9.86. The number of aryl methyl sites for hydroxylation is 3. The number of carbonyl (C=O) groups excluding carboxylic acids is 1. The lowest BCUT2D eigenvalue weighted by Gasteiger charge is -2.38. The highest BCUT2D eigenvalue weighted by molar-refractivity contribution is 5.75. The van der Waals surface area contributed by atoms with Crippen molar-refractivity contribution in [2.45, 2.75) is 65.1 Å². The van der Waals surface area contributed by atoms with Crippen LogP contribution in [0.5, 0.6) is 0 Å². The minimum atomic E-state index is -0.194. The summed E-state index contributed by atoms with van der Waals surface area (Å²) in [7, 11) is 1.53. The third kappa shape index (κ3) is 4.95. The fourth-order valence-electron chi connectivity index (χ4n) is 6.17. The Morgan fingerprint density at radius 2 is 1.53 bits per heavy atom. The van der Waals surface area contributed by atoms with E-state index in [0.29, 0.717) is 0 Å². The van der Waals surface area contributed by atoms with Gasteiger partial charge in [-0.15, -0.1) is 0 Å². The molecule has 3 heteroatoms. The van der Waals surface area contributed by atoms with Gasteiger partial charge in [-0.25, -0.2) is 0 Å². The first kappa shape index (κ1) is 24.2. The van der Waals surface area contributed by atoms with Gasteiger partial charge in [0.15, 0.2) is 0 Å².